The SMILES string of the molecule is COCc1ccc(-c2nc3c([nH]2)c(C)nn3C2CCCCC2)o1. The van der Waals surface area contributed by atoms with Gasteiger partial charge in [-0.15, -0.1) is 0 Å². The van der Waals surface area contributed by atoms with Crippen molar-refractivity contribution in [2.75, 3.05) is 7.11 Å². The van der Waals surface area contributed by atoms with Crippen LogP contribution in [0, 0.1) is 6.92 Å². The summed E-state index contributed by atoms with van der Waals surface area (Å²) in [5.41, 5.74) is 2.94. The standard InChI is InChI=1S/C17H22N4O2/c1-11-15-17(21(20-11)12-6-4-3-5-7-12)19-16(18-15)14-9-8-13(23-14)10-22-2/h8-9,12H,3-7,10H2,1-2H3,(H,18,19). The molecule has 3 aromatic rings. The lowest BCUT2D eigenvalue weighted by Gasteiger charge is -2.21. The molecule has 1 fully saturated rings. The van der Waals surface area contributed by atoms with E-state index < -0.39 is 0 Å². The highest BCUT2D eigenvalue weighted by atomic mass is 16.5. The maximum absolute atomic E-state index is 5.79. The molecule has 0 saturated heterocycles. The zero-order valence-electron chi connectivity index (χ0n) is 13.6. The van der Waals surface area contributed by atoms with Gasteiger partial charge in [-0.3, -0.25) is 0 Å². The number of hydrogen-bond donors (Lipinski definition) is 1. The Morgan fingerprint density at radius 2 is 2.13 bits per heavy atom. The summed E-state index contributed by atoms with van der Waals surface area (Å²) in [6.07, 6.45) is 6.27. The molecule has 3 heterocycles. The Labute approximate surface area is 134 Å². The molecule has 0 spiro atoms. The first kappa shape index (κ1) is 14.5. The lowest BCUT2D eigenvalue weighted by molar-refractivity contribution is 0.165. The first-order valence-electron chi connectivity index (χ1n) is 8.29. The molecular weight excluding hydrogens is 292 g/mol. The predicted molar refractivity (Wildman–Crippen MR) is 87.2 cm³/mol. The summed E-state index contributed by atoms with van der Waals surface area (Å²) >= 11 is 0. The van der Waals surface area contributed by atoms with Crippen LogP contribution in [0.4, 0.5) is 0 Å². The highest BCUT2D eigenvalue weighted by Gasteiger charge is 2.22. The number of fused-ring (bicyclic) bond motifs is 1. The molecule has 6 heteroatoms. The molecule has 122 valence electrons. The van der Waals surface area contributed by atoms with E-state index in [0.717, 1.165) is 34.2 Å². The first-order valence-corrected chi connectivity index (χ1v) is 8.29. The minimum absolute atomic E-state index is 0.467. The van der Waals surface area contributed by atoms with Crippen LogP contribution in [0.3, 0.4) is 0 Å². The van der Waals surface area contributed by atoms with Gasteiger partial charge < -0.3 is 14.1 Å². The number of aromatic nitrogens is 4. The van der Waals surface area contributed by atoms with E-state index >= 15 is 0 Å². The fourth-order valence-corrected chi connectivity index (χ4v) is 3.46. The van der Waals surface area contributed by atoms with Gasteiger partial charge >= 0.3 is 0 Å². The van der Waals surface area contributed by atoms with Crippen molar-refractivity contribution in [2.24, 2.45) is 0 Å². The van der Waals surface area contributed by atoms with Gasteiger partial charge in [0.15, 0.2) is 17.2 Å². The van der Waals surface area contributed by atoms with E-state index in [0.29, 0.717) is 12.6 Å². The Bertz CT molecular complexity index is 808. The third-order valence-electron chi connectivity index (χ3n) is 4.62. The van der Waals surface area contributed by atoms with Crippen molar-refractivity contribution < 1.29 is 9.15 Å². The third kappa shape index (κ3) is 2.57. The van der Waals surface area contributed by atoms with Gasteiger partial charge in [0.1, 0.15) is 17.9 Å². The first-order chi connectivity index (χ1) is 11.3. The van der Waals surface area contributed by atoms with E-state index in [9.17, 15) is 0 Å². The molecule has 4 rings (SSSR count). The van der Waals surface area contributed by atoms with E-state index in [1.54, 1.807) is 7.11 Å². The van der Waals surface area contributed by atoms with E-state index in [1.807, 2.05) is 19.1 Å². The largest absolute Gasteiger partial charge is 0.455 e. The Kier molecular flexibility index (Phi) is 3.69. The smallest absolute Gasteiger partial charge is 0.177 e. The molecule has 1 saturated carbocycles. The minimum atomic E-state index is 0.467. The number of methoxy groups -OCH3 is 1. The summed E-state index contributed by atoms with van der Waals surface area (Å²) in [4.78, 5) is 8.13. The van der Waals surface area contributed by atoms with Crippen LogP contribution in [-0.4, -0.2) is 26.9 Å². The number of H-pyrrole nitrogens is 1. The quantitative estimate of drug-likeness (QED) is 0.791. The van der Waals surface area contributed by atoms with Crippen LogP contribution in [0.25, 0.3) is 22.7 Å². The molecule has 6 nitrogen and oxygen atoms in total. The molecule has 0 amide bonds. The van der Waals surface area contributed by atoms with Crippen molar-refractivity contribution in [2.45, 2.75) is 51.7 Å². The second kappa shape index (κ2) is 5.85. The van der Waals surface area contributed by atoms with Crippen LogP contribution in [0.2, 0.25) is 0 Å². The van der Waals surface area contributed by atoms with Gasteiger partial charge in [-0.05, 0) is 31.9 Å². The zero-order chi connectivity index (χ0) is 15.8. The van der Waals surface area contributed by atoms with Crippen molar-refractivity contribution in [3.05, 3.63) is 23.6 Å². The van der Waals surface area contributed by atoms with Crippen LogP contribution in [0.15, 0.2) is 16.5 Å². The van der Waals surface area contributed by atoms with Gasteiger partial charge in [0, 0.05) is 7.11 Å². The molecule has 0 atom stereocenters. The van der Waals surface area contributed by atoms with Crippen molar-refractivity contribution >= 4 is 11.2 Å². The maximum Gasteiger partial charge on any atom is 0.177 e. The van der Waals surface area contributed by atoms with Gasteiger partial charge in [0.2, 0.25) is 0 Å². The monoisotopic (exact) mass is 314 g/mol. The highest BCUT2D eigenvalue weighted by molar-refractivity contribution is 5.78. The van der Waals surface area contributed by atoms with E-state index in [-0.39, 0.29) is 0 Å². The number of hydrogen-bond acceptors (Lipinski definition) is 4. The molecule has 0 bridgehead atoms. The number of ether oxygens (including phenoxy) is 1. The third-order valence-corrected chi connectivity index (χ3v) is 4.62. The molecule has 0 aromatic carbocycles. The number of aryl methyl sites for hydroxylation is 1. The normalized spacial score (nSPS) is 16.4. The maximum atomic E-state index is 5.79. The second-order valence-electron chi connectivity index (χ2n) is 6.30. The Balaban J connectivity index is 1.72. The number of imidazole rings is 1. The average molecular weight is 314 g/mol. The lowest BCUT2D eigenvalue weighted by Crippen LogP contribution is -2.14. The van der Waals surface area contributed by atoms with E-state index in [1.165, 1.54) is 32.1 Å². The average Bonchev–Trinajstić information content (AvgIpc) is 3.25. The molecule has 0 radical (unpaired) electrons. The Morgan fingerprint density at radius 3 is 2.91 bits per heavy atom. The molecule has 1 N–H and O–H groups in total. The van der Waals surface area contributed by atoms with Crippen molar-refractivity contribution in [1.82, 2.24) is 19.7 Å². The fourth-order valence-electron chi connectivity index (χ4n) is 3.46. The van der Waals surface area contributed by atoms with Crippen LogP contribution in [0.5, 0.6) is 0 Å². The number of furan rings is 1. The second-order valence-corrected chi connectivity index (χ2v) is 6.30. The topological polar surface area (TPSA) is 68.9 Å². The summed E-state index contributed by atoms with van der Waals surface area (Å²) in [5, 5.41) is 4.72. The van der Waals surface area contributed by atoms with Gasteiger partial charge in [-0.25, -0.2) is 9.67 Å². The summed E-state index contributed by atoms with van der Waals surface area (Å²) < 4.78 is 13.0. The summed E-state index contributed by atoms with van der Waals surface area (Å²) in [5.74, 6) is 2.30. The van der Waals surface area contributed by atoms with Gasteiger partial charge in [-0.1, -0.05) is 19.3 Å². The minimum Gasteiger partial charge on any atom is -0.455 e. The molecule has 0 aliphatic heterocycles. The summed E-state index contributed by atoms with van der Waals surface area (Å²) in [6, 6.07) is 4.32. The number of nitrogens with zero attached hydrogens (tertiary/aromatic N) is 3. The van der Waals surface area contributed by atoms with Gasteiger partial charge in [0.25, 0.3) is 0 Å². The Morgan fingerprint density at radius 1 is 1.30 bits per heavy atom. The van der Waals surface area contributed by atoms with Crippen molar-refractivity contribution in [3.63, 3.8) is 0 Å². The fraction of sp³-hybridized carbons (Fsp3) is 0.529. The number of aromatic amines is 1. The Hall–Kier alpha value is -2.08. The highest BCUT2D eigenvalue weighted by Crippen LogP contribution is 2.32. The number of nitrogens with one attached hydrogen (secondary N) is 1. The lowest BCUT2D eigenvalue weighted by atomic mass is 9.96. The van der Waals surface area contributed by atoms with Crippen molar-refractivity contribution in [3.8, 4) is 11.6 Å². The van der Waals surface area contributed by atoms with E-state index in [4.69, 9.17) is 19.2 Å². The number of rotatable bonds is 4. The van der Waals surface area contributed by atoms with Crippen LogP contribution >= 0.6 is 0 Å². The predicted octanol–water partition coefficient (Wildman–Crippen LogP) is 3.98. The molecular formula is C17H22N4O2. The molecule has 23 heavy (non-hydrogen) atoms. The molecule has 1 aliphatic rings. The van der Waals surface area contributed by atoms with Gasteiger partial charge in [-0.2, -0.15) is 5.10 Å². The van der Waals surface area contributed by atoms with Gasteiger partial charge in [0.05, 0.1) is 11.7 Å². The van der Waals surface area contributed by atoms with E-state index in [2.05, 4.69) is 9.67 Å². The molecule has 0 unspecified atom stereocenters. The van der Waals surface area contributed by atoms with Crippen LogP contribution in [0.1, 0.15) is 49.6 Å². The molecule has 1 aliphatic carbocycles. The zero-order valence-corrected chi connectivity index (χ0v) is 13.6. The van der Waals surface area contributed by atoms with Crippen molar-refractivity contribution in [1.29, 1.82) is 0 Å². The summed E-state index contributed by atoms with van der Waals surface area (Å²) in [7, 11) is 1.66. The van der Waals surface area contributed by atoms with Crippen LogP contribution in [-0.2, 0) is 11.3 Å². The molecule has 3 aromatic heterocycles. The van der Waals surface area contributed by atoms with Crippen LogP contribution < -0.4 is 0 Å². The summed E-state index contributed by atoms with van der Waals surface area (Å²) in [6.45, 7) is 2.50.